The van der Waals surface area contributed by atoms with Crippen LogP contribution in [0.25, 0.3) is 0 Å². The second kappa shape index (κ2) is 8.02. The Morgan fingerprint density at radius 1 is 1.08 bits per heavy atom. The van der Waals surface area contributed by atoms with E-state index in [1.165, 1.54) is 17.2 Å². The maximum absolute atomic E-state index is 12.2. The molecule has 0 aliphatic heterocycles. The maximum atomic E-state index is 12.2. The lowest BCUT2D eigenvalue weighted by Crippen LogP contribution is -2.19. The van der Waals surface area contributed by atoms with E-state index in [4.69, 9.17) is 9.15 Å². The van der Waals surface area contributed by atoms with Crippen LogP contribution >= 0.6 is 15.9 Å². The topological polar surface area (TPSA) is 44.4 Å². The van der Waals surface area contributed by atoms with Crippen LogP contribution in [0.3, 0.4) is 0 Å². The molecule has 24 heavy (non-hydrogen) atoms. The van der Waals surface area contributed by atoms with Gasteiger partial charge in [0, 0.05) is 24.1 Å². The second-order valence-corrected chi connectivity index (χ2v) is 6.02. The van der Waals surface area contributed by atoms with Crippen LogP contribution < -0.4 is 10.3 Å². The molecule has 0 saturated heterocycles. The molecule has 0 unspecified atom stereocenters. The summed E-state index contributed by atoms with van der Waals surface area (Å²) in [6.45, 7) is 0.960. The van der Waals surface area contributed by atoms with Crippen molar-refractivity contribution in [2.75, 3.05) is 0 Å². The quantitative estimate of drug-likeness (QED) is 0.571. The van der Waals surface area contributed by atoms with Gasteiger partial charge in [-0.3, -0.25) is 4.79 Å². The van der Waals surface area contributed by atoms with Crippen LogP contribution in [-0.2, 0) is 24.9 Å². The van der Waals surface area contributed by atoms with Crippen molar-refractivity contribution in [3.8, 4) is 5.75 Å². The zero-order chi connectivity index (χ0) is 16.8. The summed E-state index contributed by atoms with van der Waals surface area (Å²) in [6.07, 6.45) is 4.18. The molecule has 5 heteroatoms. The monoisotopic (exact) mass is 387 g/mol. The van der Waals surface area contributed by atoms with Crippen molar-refractivity contribution in [1.29, 1.82) is 0 Å². The number of hydrogen-bond donors (Lipinski definition) is 0. The van der Waals surface area contributed by atoms with Gasteiger partial charge in [0.25, 0.3) is 5.56 Å². The molecule has 0 amide bonds. The molecule has 0 bridgehead atoms. The number of rotatable bonds is 7. The first-order chi connectivity index (χ1) is 11.7. The molecular formula is C19H18BrNO3. The van der Waals surface area contributed by atoms with Gasteiger partial charge in [-0.25, -0.2) is 0 Å². The van der Waals surface area contributed by atoms with E-state index in [0.717, 1.165) is 17.5 Å². The van der Waals surface area contributed by atoms with Crippen LogP contribution in [0, 0.1) is 0 Å². The highest BCUT2D eigenvalue weighted by Gasteiger charge is 2.02. The molecule has 4 nitrogen and oxygen atoms in total. The summed E-state index contributed by atoms with van der Waals surface area (Å²) in [7, 11) is 0. The Morgan fingerprint density at radius 2 is 1.88 bits per heavy atom. The Morgan fingerprint density at radius 3 is 2.54 bits per heavy atom. The minimum atomic E-state index is -0.0657. The van der Waals surface area contributed by atoms with Gasteiger partial charge < -0.3 is 13.7 Å². The molecule has 3 rings (SSSR count). The fourth-order valence-electron chi connectivity index (χ4n) is 2.36. The minimum absolute atomic E-state index is 0.0657. The highest BCUT2D eigenvalue weighted by molar-refractivity contribution is 9.08. The number of halogens is 1. The fourth-order valence-corrected chi connectivity index (χ4v) is 2.73. The Kier molecular flexibility index (Phi) is 5.54. The predicted octanol–water partition coefficient (Wildman–Crippen LogP) is 4.16. The summed E-state index contributed by atoms with van der Waals surface area (Å²) in [6, 6.07) is 15.3. The lowest BCUT2D eigenvalue weighted by atomic mass is 10.1. The van der Waals surface area contributed by atoms with Crippen LogP contribution in [0.1, 0.15) is 16.9 Å². The van der Waals surface area contributed by atoms with Gasteiger partial charge in [0.05, 0.1) is 6.26 Å². The Hall–Kier alpha value is -2.27. The Labute approximate surface area is 148 Å². The molecule has 2 heterocycles. The largest absolute Gasteiger partial charge is 0.485 e. The number of hydrogen-bond acceptors (Lipinski definition) is 3. The summed E-state index contributed by atoms with van der Waals surface area (Å²) in [4.78, 5) is 12.2. The molecule has 3 aromatic rings. The lowest BCUT2D eigenvalue weighted by Gasteiger charge is -2.08. The van der Waals surface area contributed by atoms with Crippen molar-refractivity contribution in [2.24, 2.45) is 0 Å². The molecular weight excluding hydrogens is 370 g/mol. The fraction of sp³-hybridized carbons (Fsp3) is 0.211. The molecule has 124 valence electrons. The molecule has 1 aromatic carbocycles. The van der Waals surface area contributed by atoms with E-state index in [2.05, 4.69) is 40.2 Å². The van der Waals surface area contributed by atoms with E-state index in [9.17, 15) is 4.79 Å². The number of pyridine rings is 1. The lowest BCUT2D eigenvalue weighted by molar-refractivity contribution is 0.269. The van der Waals surface area contributed by atoms with E-state index >= 15 is 0 Å². The van der Waals surface area contributed by atoms with Crippen molar-refractivity contribution < 1.29 is 9.15 Å². The second-order valence-electron chi connectivity index (χ2n) is 5.46. The smallest absolute Gasteiger partial charge is 0.254 e. The molecule has 0 radical (unpaired) electrons. The number of furan rings is 1. The molecule has 0 spiro atoms. The summed E-state index contributed by atoms with van der Waals surface area (Å²) in [5.41, 5.74) is 2.39. The third-order valence-electron chi connectivity index (χ3n) is 3.75. The van der Waals surface area contributed by atoms with E-state index in [0.29, 0.717) is 18.9 Å². The van der Waals surface area contributed by atoms with Crippen LogP contribution in [-0.4, -0.2) is 4.57 Å². The highest BCUT2D eigenvalue weighted by Crippen LogP contribution is 2.11. The van der Waals surface area contributed by atoms with Gasteiger partial charge >= 0.3 is 0 Å². The van der Waals surface area contributed by atoms with Crippen molar-refractivity contribution in [3.63, 3.8) is 0 Å². The Balaban J connectivity index is 1.58. The van der Waals surface area contributed by atoms with Gasteiger partial charge in [0.1, 0.15) is 18.1 Å². The molecule has 0 saturated carbocycles. The first-order valence-electron chi connectivity index (χ1n) is 7.74. The minimum Gasteiger partial charge on any atom is -0.485 e. The standard InChI is InChI=1S/C19H18BrNO3/c20-13-16-5-3-15(4-6-16)7-9-21-10-8-17(12-19(21)22)24-14-18-2-1-11-23-18/h1-6,8,10-12H,7,9,13-14H2. The highest BCUT2D eigenvalue weighted by atomic mass is 79.9. The SMILES string of the molecule is O=c1cc(OCc2ccco2)ccn1CCc1ccc(CBr)cc1. The molecule has 0 atom stereocenters. The van der Waals surface area contributed by atoms with Crippen LogP contribution in [0.2, 0.25) is 0 Å². The van der Waals surface area contributed by atoms with Crippen LogP contribution in [0.5, 0.6) is 5.75 Å². The van der Waals surface area contributed by atoms with Crippen molar-refractivity contribution in [2.45, 2.75) is 24.9 Å². The average Bonchev–Trinajstić information content (AvgIpc) is 3.13. The zero-order valence-corrected chi connectivity index (χ0v) is 14.7. The number of aryl methyl sites for hydroxylation is 2. The number of benzene rings is 1. The van der Waals surface area contributed by atoms with Gasteiger partial charge in [-0.2, -0.15) is 0 Å². The van der Waals surface area contributed by atoms with Gasteiger partial charge in [-0.05, 0) is 35.7 Å². The van der Waals surface area contributed by atoms with Crippen LogP contribution in [0.4, 0.5) is 0 Å². The third-order valence-corrected chi connectivity index (χ3v) is 4.39. The predicted molar refractivity (Wildman–Crippen MR) is 96.5 cm³/mol. The van der Waals surface area contributed by atoms with E-state index in [1.807, 2.05) is 6.07 Å². The normalized spacial score (nSPS) is 10.7. The summed E-state index contributed by atoms with van der Waals surface area (Å²) >= 11 is 3.44. The van der Waals surface area contributed by atoms with Crippen molar-refractivity contribution >= 4 is 15.9 Å². The van der Waals surface area contributed by atoms with Gasteiger partial charge in [0.2, 0.25) is 0 Å². The number of ether oxygens (including phenoxy) is 1. The van der Waals surface area contributed by atoms with Crippen LogP contribution in [0.15, 0.2) is 70.2 Å². The molecule has 0 fully saturated rings. The Bertz CT molecular complexity index is 823. The molecule has 0 aliphatic rings. The summed E-state index contributed by atoms with van der Waals surface area (Å²) in [5, 5.41) is 0.853. The number of aromatic nitrogens is 1. The van der Waals surface area contributed by atoms with Gasteiger partial charge in [-0.1, -0.05) is 40.2 Å². The average molecular weight is 388 g/mol. The molecule has 0 N–H and O–H groups in total. The van der Waals surface area contributed by atoms with E-state index in [-0.39, 0.29) is 5.56 Å². The summed E-state index contributed by atoms with van der Waals surface area (Å²) < 4.78 is 12.5. The first-order valence-corrected chi connectivity index (χ1v) is 8.86. The first kappa shape index (κ1) is 16.6. The molecule has 2 aromatic heterocycles. The maximum Gasteiger partial charge on any atom is 0.254 e. The third kappa shape index (κ3) is 4.38. The van der Waals surface area contributed by atoms with Crippen molar-refractivity contribution in [3.05, 3.63) is 88.2 Å². The van der Waals surface area contributed by atoms with Gasteiger partial charge in [0.15, 0.2) is 0 Å². The zero-order valence-electron chi connectivity index (χ0n) is 13.2. The van der Waals surface area contributed by atoms with Gasteiger partial charge in [-0.15, -0.1) is 0 Å². The van der Waals surface area contributed by atoms with E-state index in [1.54, 1.807) is 29.2 Å². The molecule has 0 aliphatic carbocycles. The number of alkyl halides is 1. The van der Waals surface area contributed by atoms with E-state index < -0.39 is 0 Å². The number of nitrogens with zero attached hydrogens (tertiary/aromatic N) is 1. The summed E-state index contributed by atoms with van der Waals surface area (Å²) in [5.74, 6) is 1.28. The van der Waals surface area contributed by atoms with Crippen molar-refractivity contribution in [1.82, 2.24) is 4.57 Å².